The molecule has 35 heavy (non-hydrogen) atoms. The first-order valence-corrected chi connectivity index (χ1v) is 10.9. The third-order valence-corrected chi connectivity index (χ3v) is 5.94. The van der Waals surface area contributed by atoms with Gasteiger partial charge in [-0.05, 0) is 42.5 Å². The lowest BCUT2D eigenvalue weighted by Gasteiger charge is -2.18. The molecule has 0 spiro atoms. The zero-order chi connectivity index (χ0) is 25.1. The van der Waals surface area contributed by atoms with Crippen molar-refractivity contribution in [2.75, 3.05) is 23.7 Å². The maximum Gasteiger partial charge on any atom is 0.407 e. The summed E-state index contributed by atoms with van der Waals surface area (Å²) in [6, 6.07) is 14.7. The van der Waals surface area contributed by atoms with Gasteiger partial charge in [-0.25, -0.2) is 9.18 Å². The lowest BCUT2D eigenvalue weighted by atomic mass is 9.94. The molecule has 1 fully saturated rings. The molecule has 9 nitrogen and oxygen atoms in total. The van der Waals surface area contributed by atoms with Crippen molar-refractivity contribution in [3.8, 4) is 5.69 Å². The van der Waals surface area contributed by atoms with Gasteiger partial charge in [-0.1, -0.05) is 17.7 Å². The molecular formula is C24H20ClFN4O5. The number of aromatic nitrogens is 1. The number of rotatable bonds is 5. The minimum atomic E-state index is -1.27. The number of hydrogen-bond donors (Lipinski definition) is 3. The molecule has 0 unspecified atom stereocenters. The van der Waals surface area contributed by atoms with Gasteiger partial charge in [0.1, 0.15) is 5.82 Å². The largest absolute Gasteiger partial charge is 0.465 e. The Balaban J connectivity index is 1.52. The average molecular weight is 499 g/mol. The van der Waals surface area contributed by atoms with E-state index in [-0.39, 0.29) is 30.0 Å². The Labute approximate surface area is 203 Å². The molecule has 180 valence electrons. The summed E-state index contributed by atoms with van der Waals surface area (Å²) >= 11 is 5.85. The minimum absolute atomic E-state index is 0.159. The van der Waals surface area contributed by atoms with E-state index in [0.717, 1.165) is 11.0 Å². The molecule has 0 bridgehead atoms. The number of nitrogens with zero attached hydrogens (tertiary/aromatic N) is 2. The number of amides is 3. The van der Waals surface area contributed by atoms with Crippen LogP contribution >= 0.6 is 11.6 Å². The third-order valence-electron chi connectivity index (χ3n) is 5.69. The smallest absolute Gasteiger partial charge is 0.407 e. The quantitative estimate of drug-likeness (QED) is 0.497. The molecule has 11 heteroatoms. The number of carbonyl (C=O) groups is 3. The van der Waals surface area contributed by atoms with Crippen molar-refractivity contribution in [1.82, 2.24) is 9.47 Å². The Hall–Kier alpha value is -4.18. The molecular weight excluding hydrogens is 479 g/mol. The van der Waals surface area contributed by atoms with E-state index in [1.165, 1.54) is 29.0 Å². The summed E-state index contributed by atoms with van der Waals surface area (Å²) in [6.45, 7) is -0.413. The second-order valence-corrected chi connectivity index (χ2v) is 8.40. The molecule has 0 aliphatic carbocycles. The molecule has 0 saturated carbocycles. The topological polar surface area (TPSA) is 121 Å². The first-order valence-electron chi connectivity index (χ1n) is 10.6. The second kappa shape index (κ2) is 9.98. The van der Waals surface area contributed by atoms with E-state index >= 15 is 0 Å². The van der Waals surface area contributed by atoms with Crippen LogP contribution < -0.4 is 16.2 Å². The number of anilines is 2. The molecule has 2 aromatic carbocycles. The van der Waals surface area contributed by atoms with Gasteiger partial charge in [-0.3, -0.25) is 19.0 Å². The van der Waals surface area contributed by atoms with E-state index in [2.05, 4.69) is 10.6 Å². The zero-order valence-electron chi connectivity index (χ0n) is 18.2. The molecule has 1 aromatic heterocycles. The SMILES string of the molecule is O=C(Nc1ccc(Cl)cc1)[C@H]1CN(C(=O)O)C[C@@H]1C(=O)Nc1ccc(-n2ccccc2=O)cc1F. The van der Waals surface area contributed by atoms with Gasteiger partial charge in [0.15, 0.2) is 0 Å². The number of halogens is 2. The van der Waals surface area contributed by atoms with Gasteiger partial charge in [0.25, 0.3) is 5.56 Å². The predicted molar refractivity (Wildman–Crippen MR) is 127 cm³/mol. The van der Waals surface area contributed by atoms with Crippen LogP contribution in [0.4, 0.5) is 20.6 Å². The molecule has 3 amide bonds. The zero-order valence-corrected chi connectivity index (χ0v) is 18.9. The van der Waals surface area contributed by atoms with Crippen molar-refractivity contribution in [1.29, 1.82) is 0 Å². The van der Waals surface area contributed by atoms with Crippen LogP contribution in [0.2, 0.25) is 5.02 Å². The fourth-order valence-electron chi connectivity index (χ4n) is 3.88. The Morgan fingerprint density at radius 2 is 1.60 bits per heavy atom. The maximum absolute atomic E-state index is 14.8. The lowest BCUT2D eigenvalue weighted by molar-refractivity contribution is -0.127. The van der Waals surface area contributed by atoms with Gasteiger partial charge >= 0.3 is 6.09 Å². The van der Waals surface area contributed by atoms with Crippen LogP contribution in [0.5, 0.6) is 0 Å². The number of likely N-dealkylation sites (tertiary alicyclic amines) is 1. The summed E-state index contributed by atoms with van der Waals surface area (Å²) in [5.74, 6) is -4.08. The number of pyridine rings is 1. The fraction of sp³-hybridized carbons (Fsp3) is 0.167. The third kappa shape index (κ3) is 5.33. The first-order chi connectivity index (χ1) is 16.7. The molecule has 1 aliphatic heterocycles. The van der Waals surface area contributed by atoms with E-state index in [9.17, 15) is 28.7 Å². The van der Waals surface area contributed by atoms with Crippen LogP contribution in [-0.4, -0.2) is 45.6 Å². The Morgan fingerprint density at radius 3 is 2.20 bits per heavy atom. The van der Waals surface area contributed by atoms with E-state index in [1.54, 1.807) is 36.4 Å². The normalized spacial score (nSPS) is 17.1. The molecule has 2 atom stereocenters. The van der Waals surface area contributed by atoms with Crippen LogP contribution in [-0.2, 0) is 9.59 Å². The van der Waals surface area contributed by atoms with E-state index < -0.39 is 35.6 Å². The van der Waals surface area contributed by atoms with Crippen LogP contribution in [0.15, 0.2) is 71.7 Å². The van der Waals surface area contributed by atoms with Gasteiger partial charge < -0.3 is 20.6 Å². The Morgan fingerprint density at radius 1 is 0.943 bits per heavy atom. The number of hydrogen-bond acceptors (Lipinski definition) is 4. The average Bonchev–Trinajstić information content (AvgIpc) is 3.29. The van der Waals surface area contributed by atoms with Gasteiger partial charge in [0, 0.05) is 42.1 Å². The van der Waals surface area contributed by atoms with Crippen molar-refractivity contribution in [2.24, 2.45) is 11.8 Å². The number of carbonyl (C=O) groups excluding carboxylic acids is 2. The van der Waals surface area contributed by atoms with Crippen LogP contribution in [0, 0.1) is 17.7 Å². The second-order valence-electron chi connectivity index (χ2n) is 7.96. The van der Waals surface area contributed by atoms with Crippen molar-refractivity contribution in [3.05, 3.63) is 88.1 Å². The van der Waals surface area contributed by atoms with Gasteiger partial charge in [0.2, 0.25) is 11.8 Å². The van der Waals surface area contributed by atoms with Crippen LogP contribution in [0.3, 0.4) is 0 Å². The number of nitrogens with one attached hydrogen (secondary N) is 2. The van der Waals surface area contributed by atoms with Gasteiger partial charge in [-0.15, -0.1) is 0 Å². The summed E-state index contributed by atoms with van der Waals surface area (Å²) in [5.41, 5.74) is 0.195. The predicted octanol–water partition coefficient (Wildman–Crippen LogP) is 3.43. The highest BCUT2D eigenvalue weighted by Gasteiger charge is 2.43. The lowest BCUT2D eigenvalue weighted by Crippen LogP contribution is -2.35. The molecule has 2 heterocycles. The summed E-state index contributed by atoms with van der Waals surface area (Å²) < 4.78 is 16.0. The van der Waals surface area contributed by atoms with Gasteiger partial charge in [0.05, 0.1) is 23.2 Å². The highest BCUT2D eigenvalue weighted by molar-refractivity contribution is 6.30. The highest BCUT2D eigenvalue weighted by atomic mass is 35.5. The number of carboxylic acid groups (broad SMARTS) is 1. The minimum Gasteiger partial charge on any atom is -0.465 e. The summed E-state index contributed by atoms with van der Waals surface area (Å²) in [5, 5.41) is 15.0. The van der Waals surface area contributed by atoms with Crippen LogP contribution in [0.1, 0.15) is 0 Å². The van der Waals surface area contributed by atoms with Crippen molar-refractivity contribution < 1.29 is 23.9 Å². The highest BCUT2D eigenvalue weighted by Crippen LogP contribution is 2.28. The Bertz CT molecular complexity index is 1340. The maximum atomic E-state index is 14.8. The van der Waals surface area contributed by atoms with Crippen molar-refractivity contribution in [3.63, 3.8) is 0 Å². The molecule has 3 aromatic rings. The summed E-state index contributed by atoms with van der Waals surface area (Å²) in [4.78, 5) is 50.3. The summed E-state index contributed by atoms with van der Waals surface area (Å²) in [7, 11) is 0. The van der Waals surface area contributed by atoms with Crippen LogP contribution in [0.25, 0.3) is 5.69 Å². The molecule has 1 saturated heterocycles. The van der Waals surface area contributed by atoms with E-state index in [0.29, 0.717) is 10.7 Å². The standard InChI is InChI=1S/C24H20ClFN4O5/c25-14-4-6-15(7-5-14)27-22(32)17-12-29(24(34)35)13-18(17)23(33)28-20-9-8-16(11-19(20)26)30-10-2-1-3-21(30)31/h1-11,17-18H,12-13H2,(H,27,32)(H,28,33)(H,34,35)/t17-,18-/m0/s1. The Kier molecular flexibility index (Phi) is 6.83. The monoisotopic (exact) mass is 498 g/mol. The van der Waals surface area contributed by atoms with Crippen molar-refractivity contribution in [2.45, 2.75) is 0 Å². The molecule has 1 aliphatic rings. The molecule has 0 radical (unpaired) electrons. The van der Waals surface area contributed by atoms with E-state index in [4.69, 9.17) is 11.6 Å². The van der Waals surface area contributed by atoms with Gasteiger partial charge in [-0.2, -0.15) is 0 Å². The molecule has 3 N–H and O–H groups in total. The summed E-state index contributed by atoms with van der Waals surface area (Å²) in [6.07, 6.45) is 0.214. The first kappa shape index (κ1) is 24.0. The number of benzene rings is 2. The molecule has 4 rings (SSSR count). The van der Waals surface area contributed by atoms with Crippen molar-refractivity contribution >= 4 is 40.9 Å². The van der Waals surface area contributed by atoms with E-state index in [1.807, 2.05) is 0 Å². The fourth-order valence-corrected chi connectivity index (χ4v) is 4.01.